The van der Waals surface area contributed by atoms with Crippen LogP contribution in [-0.4, -0.2) is 42.4 Å². The minimum absolute atomic E-state index is 0.0240. The van der Waals surface area contributed by atoms with Crippen LogP contribution in [0.25, 0.3) is 0 Å². The molecule has 0 bridgehead atoms. The van der Waals surface area contributed by atoms with E-state index in [2.05, 4.69) is 38.1 Å². The molecule has 1 aromatic carbocycles. The number of benzene rings is 1. The maximum atomic E-state index is 12.4. The van der Waals surface area contributed by atoms with Crippen LogP contribution < -0.4 is 10.6 Å². The number of carbonyl (C=O) groups excluding carboxylic acids is 2. The molecular weight excluding hydrogens is 441 g/mol. The fraction of sp³-hybridized carbons (Fsp3) is 0.600. The highest BCUT2D eigenvalue weighted by atomic mass is 127. The fourth-order valence-electron chi connectivity index (χ4n) is 3.86. The van der Waals surface area contributed by atoms with E-state index < -0.39 is 0 Å². The average Bonchev–Trinajstić information content (AvgIpc) is 2.66. The second-order valence-corrected chi connectivity index (χ2v) is 8.69. The van der Waals surface area contributed by atoms with Gasteiger partial charge in [0.25, 0.3) is 0 Å². The summed E-state index contributed by atoms with van der Waals surface area (Å²) in [5, 5.41) is 6.19. The van der Waals surface area contributed by atoms with Crippen LogP contribution in [0.4, 0.5) is 5.69 Å². The quantitative estimate of drug-likeness (QED) is 0.651. The van der Waals surface area contributed by atoms with Gasteiger partial charge in [0.15, 0.2) is 0 Å². The first-order chi connectivity index (χ1) is 12.6. The Morgan fingerprint density at radius 2 is 1.65 bits per heavy atom. The Balaban J connectivity index is 1.37. The highest BCUT2D eigenvalue weighted by molar-refractivity contribution is 14.1. The van der Waals surface area contributed by atoms with E-state index in [-0.39, 0.29) is 23.8 Å². The monoisotopic (exact) mass is 469 g/mol. The second kappa shape index (κ2) is 9.69. The molecule has 2 N–H and O–H groups in total. The molecule has 1 saturated heterocycles. The Kier molecular flexibility index (Phi) is 7.31. The smallest absolute Gasteiger partial charge is 0.238 e. The van der Waals surface area contributed by atoms with E-state index in [0.29, 0.717) is 6.54 Å². The standard InChI is InChI=1S/C20H28IN3O2/c21-16-6-8-17(9-7-16)22-19(25)14-24-12-10-18(11-13-24)23-20(26)15-4-2-1-3-5-15/h6-9,15,18H,1-5,10-14H2,(H,22,25)(H,23,26). The van der Waals surface area contributed by atoms with Gasteiger partial charge in [0.05, 0.1) is 6.54 Å². The number of hydrogen-bond acceptors (Lipinski definition) is 3. The first-order valence-electron chi connectivity index (χ1n) is 9.68. The zero-order valence-corrected chi connectivity index (χ0v) is 17.3. The topological polar surface area (TPSA) is 61.4 Å². The number of carbonyl (C=O) groups is 2. The molecule has 1 aliphatic carbocycles. The molecule has 0 atom stereocenters. The molecule has 6 heteroatoms. The van der Waals surface area contributed by atoms with Gasteiger partial charge in [-0.2, -0.15) is 0 Å². The first-order valence-corrected chi connectivity index (χ1v) is 10.8. The van der Waals surface area contributed by atoms with Crippen LogP contribution in [0.5, 0.6) is 0 Å². The van der Waals surface area contributed by atoms with Gasteiger partial charge in [-0.1, -0.05) is 19.3 Å². The Hall–Kier alpha value is -1.15. The van der Waals surface area contributed by atoms with E-state index >= 15 is 0 Å². The number of halogens is 1. The summed E-state index contributed by atoms with van der Waals surface area (Å²) in [5.41, 5.74) is 0.838. The molecule has 1 heterocycles. The minimum Gasteiger partial charge on any atom is -0.353 e. The number of likely N-dealkylation sites (tertiary alicyclic amines) is 1. The van der Waals surface area contributed by atoms with E-state index in [4.69, 9.17) is 0 Å². The molecule has 1 aliphatic heterocycles. The number of anilines is 1. The predicted molar refractivity (Wildman–Crippen MR) is 112 cm³/mol. The van der Waals surface area contributed by atoms with E-state index in [1.54, 1.807) is 0 Å². The molecule has 2 fully saturated rings. The van der Waals surface area contributed by atoms with E-state index in [0.717, 1.165) is 48.0 Å². The summed E-state index contributed by atoms with van der Waals surface area (Å²) in [4.78, 5) is 26.7. The van der Waals surface area contributed by atoms with Gasteiger partial charge in [0.1, 0.15) is 0 Å². The molecule has 0 radical (unpaired) electrons. The molecule has 26 heavy (non-hydrogen) atoms. The summed E-state index contributed by atoms with van der Waals surface area (Å²) >= 11 is 2.25. The van der Waals surface area contributed by atoms with Gasteiger partial charge < -0.3 is 10.6 Å². The molecule has 0 unspecified atom stereocenters. The molecule has 5 nitrogen and oxygen atoms in total. The third-order valence-electron chi connectivity index (χ3n) is 5.41. The van der Waals surface area contributed by atoms with E-state index in [9.17, 15) is 9.59 Å². The van der Waals surface area contributed by atoms with Crippen molar-refractivity contribution in [2.75, 3.05) is 25.0 Å². The SMILES string of the molecule is O=C(CN1CCC(NC(=O)C2CCCCC2)CC1)Nc1ccc(I)cc1. The van der Waals surface area contributed by atoms with Crippen molar-refractivity contribution in [3.63, 3.8) is 0 Å². The van der Waals surface area contributed by atoms with Crippen molar-refractivity contribution in [3.8, 4) is 0 Å². The maximum Gasteiger partial charge on any atom is 0.238 e. The number of nitrogens with zero attached hydrogens (tertiary/aromatic N) is 1. The lowest BCUT2D eigenvalue weighted by atomic mass is 9.88. The van der Waals surface area contributed by atoms with E-state index in [1.807, 2.05) is 24.3 Å². The molecule has 1 saturated carbocycles. The molecule has 1 aromatic rings. The highest BCUT2D eigenvalue weighted by Gasteiger charge is 2.26. The normalized spacial score (nSPS) is 19.9. The molecule has 3 rings (SSSR count). The summed E-state index contributed by atoms with van der Waals surface area (Å²) < 4.78 is 1.15. The van der Waals surface area contributed by atoms with Gasteiger partial charge in [-0.25, -0.2) is 0 Å². The first kappa shape index (κ1) is 19.6. The van der Waals surface area contributed by atoms with Gasteiger partial charge >= 0.3 is 0 Å². The highest BCUT2D eigenvalue weighted by Crippen LogP contribution is 2.24. The van der Waals surface area contributed by atoms with Crippen LogP contribution in [0.15, 0.2) is 24.3 Å². The lowest BCUT2D eigenvalue weighted by Gasteiger charge is -2.33. The van der Waals surface area contributed by atoms with Crippen molar-refractivity contribution in [1.82, 2.24) is 10.2 Å². The summed E-state index contributed by atoms with van der Waals surface area (Å²) in [7, 11) is 0. The van der Waals surface area contributed by atoms with E-state index in [1.165, 1.54) is 19.3 Å². The Bertz CT molecular complexity index is 606. The zero-order valence-electron chi connectivity index (χ0n) is 15.2. The van der Waals surface area contributed by atoms with Crippen molar-refractivity contribution in [3.05, 3.63) is 27.8 Å². The number of rotatable bonds is 5. The van der Waals surface area contributed by atoms with Crippen molar-refractivity contribution in [2.45, 2.75) is 51.0 Å². The summed E-state index contributed by atoms with van der Waals surface area (Å²) in [6.07, 6.45) is 7.59. The number of hydrogen-bond donors (Lipinski definition) is 2. The summed E-state index contributed by atoms with van der Waals surface area (Å²) in [5.74, 6) is 0.497. The fourth-order valence-corrected chi connectivity index (χ4v) is 4.22. The zero-order chi connectivity index (χ0) is 18.4. The van der Waals surface area contributed by atoms with Crippen LogP contribution in [0.2, 0.25) is 0 Å². The second-order valence-electron chi connectivity index (χ2n) is 7.45. The predicted octanol–water partition coefficient (Wildman–Crippen LogP) is 3.39. The van der Waals surface area contributed by atoms with Crippen molar-refractivity contribution in [1.29, 1.82) is 0 Å². The summed E-state index contributed by atoms with van der Waals surface area (Å²) in [6.45, 7) is 2.13. The Labute approximate surface area is 169 Å². The minimum atomic E-state index is 0.0240. The van der Waals surface area contributed by atoms with Gasteiger partial charge in [-0.05, 0) is 72.5 Å². The van der Waals surface area contributed by atoms with Crippen LogP contribution in [0.1, 0.15) is 44.9 Å². The van der Waals surface area contributed by atoms with Gasteiger partial charge in [0, 0.05) is 34.3 Å². The molecule has 0 spiro atoms. The van der Waals surface area contributed by atoms with Crippen molar-refractivity contribution in [2.24, 2.45) is 5.92 Å². The molecule has 0 aromatic heterocycles. The van der Waals surface area contributed by atoms with Crippen LogP contribution in [0.3, 0.4) is 0 Å². The van der Waals surface area contributed by atoms with Crippen molar-refractivity contribution >= 4 is 40.1 Å². The van der Waals surface area contributed by atoms with Gasteiger partial charge in [-0.15, -0.1) is 0 Å². The number of amides is 2. The maximum absolute atomic E-state index is 12.4. The van der Waals surface area contributed by atoms with Gasteiger partial charge in [-0.3, -0.25) is 14.5 Å². The Morgan fingerprint density at radius 1 is 1.00 bits per heavy atom. The molecule has 2 aliphatic rings. The number of nitrogens with one attached hydrogen (secondary N) is 2. The lowest BCUT2D eigenvalue weighted by molar-refractivity contribution is -0.127. The van der Waals surface area contributed by atoms with Crippen LogP contribution >= 0.6 is 22.6 Å². The molecular formula is C20H28IN3O2. The van der Waals surface area contributed by atoms with Crippen LogP contribution in [-0.2, 0) is 9.59 Å². The largest absolute Gasteiger partial charge is 0.353 e. The number of piperidine rings is 1. The third kappa shape index (κ3) is 5.94. The lowest BCUT2D eigenvalue weighted by Crippen LogP contribution is -2.48. The molecule has 142 valence electrons. The third-order valence-corrected chi connectivity index (χ3v) is 6.12. The summed E-state index contributed by atoms with van der Waals surface area (Å²) in [6, 6.07) is 8.08. The average molecular weight is 469 g/mol. The molecule has 2 amide bonds. The Morgan fingerprint density at radius 3 is 2.31 bits per heavy atom. The van der Waals surface area contributed by atoms with Crippen LogP contribution in [0, 0.1) is 9.49 Å². The van der Waals surface area contributed by atoms with Crippen molar-refractivity contribution < 1.29 is 9.59 Å². The van der Waals surface area contributed by atoms with Gasteiger partial charge in [0.2, 0.25) is 11.8 Å².